The fraction of sp³-hybridized carbons (Fsp3) is 0. The molecular formula is C6H4FIN2O2. The average Bonchev–Trinajstić information content (AvgIpc) is 1.96. The van der Waals surface area contributed by atoms with E-state index in [4.69, 9.17) is 5.11 Å². The Hall–Kier alpha value is -0.920. The highest BCUT2D eigenvalue weighted by Crippen LogP contribution is 2.14. The monoisotopic (exact) mass is 282 g/mol. The van der Waals surface area contributed by atoms with Crippen molar-refractivity contribution in [1.82, 2.24) is 4.98 Å². The molecule has 0 fully saturated rings. The third-order valence-corrected chi connectivity index (χ3v) is 1.91. The van der Waals surface area contributed by atoms with Gasteiger partial charge < -0.3 is 5.11 Å². The molecule has 0 aliphatic carbocycles. The lowest BCUT2D eigenvalue weighted by Crippen LogP contribution is -2.10. The minimum Gasteiger partial charge on any atom is -0.465 e. The molecule has 0 unspecified atom stereocenters. The van der Waals surface area contributed by atoms with E-state index in [9.17, 15) is 9.18 Å². The number of rotatable bonds is 1. The Morgan fingerprint density at radius 2 is 2.33 bits per heavy atom. The van der Waals surface area contributed by atoms with Gasteiger partial charge in [0.25, 0.3) is 0 Å². The van der Waals surface area contributed by atoms with Gasteiger partial charge in [-0.25, -0.2) is 9.78 Å². The van der Waals surface area contributed by atoms with Gasteiger partial charge in [-0.15, -0.1) is 0 Å². The maximum atomic E-state index is 12.5. The van der Waals surface area contributed by atoms with Gasteiger partial charge in [-0.2, -0.15) is 4.39 Å². The first-order valence-corrected chi connectivity index (χ1v) is 3.99. The van der Waals surface area contributed by atoms with Gasteiger partial charge in [0.1, 0.15) is 0 Å². The van der Waals surface area contributed by atoms with Crippen LogP contribution in [0.4, 0.5) is 15.0 Å². The predicted octanol–water partition coefficient (Wildman–Crippen LogP) is 1.92. The SMILES string of the molecule is O=C(O)Nc1nc(F)ccc1I. The number of carbonyl (C=O) groups is 1. The number of pyridine rings is 1. The number of anilines is 1. The fourth-order valence-electron chi connectivity index (χ4n) is 0.607. The first kappa shape index (κ1) is 9.17. The van der Waals surface area contributed by atoms with Crippen molar-refractivity contribution in [3.63, 3.8) is 0 Å². The van der Waals surface area contributed by atoms with Crippen molar-refractivity contribution in [2.75, 3.05) is 5.32 Å². The number of nitrogens with one attached hydrogen (secondary N) is 1. The molecule has 12 heavy (non-hydrogen) atoms. The lowest BCUT2D eigenvalue weighted by Gasteiger charge is -2.01. The molecule has 0 aromatic carbocycles. The van der Waals surface area contributed by atoms with Crippen LogP contribution in [-0.4, -0.2) is 16.2 Å². The Labute approximate surface area is 80.9 Å². The number of amides is 1. The van der Waals surface area contributed by atoms with Crippen LogP contribution in [-0.2, 0) is 0 Å². The second-order valence-corrected chi connectivity index (χ2v) is 3.06. The van der Waals surface area contributed by atoms with E-state index in [1.807, 2.05) is 27.9 Å². The summed E-state index contributed by atoms with van der Waals surface area (Å²) < 4.78 is 13.0. The van der Waals surface area contributed by atoms with Crippen molar-refractivity contribution in [1.29, 1.82) is 0 Å². The molecule has 64 valence electrons. The van der Waals surface area contributed by atoms with E-state index in [1.54, 1.807) is 0 Å². The number of aromatic nitrogens is 1. The lowest BCUT2D eigenvalue weighted by molar-refractivity contribution is 0.209. The number of halogens is 2. The molecule has 0 saturated carbocycles. The van der Waals surface area contributed by atoms with E-state index in [1.165, 1.54) is 6.07 Å². The predicted molar refractivity (Wildman–Crippen MR) is 48.6 cm³/mol. The second-order valence-electron chi connectivity index (χ2n) is 1.89. The molecule has 0 radical (unpaired) electrons. The van der Waals surface area contributed by atoms with E-state index in [-0.39, 0.29) is 5.82 Å². The van der Waals surface area contributed by atoms with Crippen molar-refractivity contribution in [2.45, 2.75) is 0 Å². The van der Waals surface area contributed by atoms with Gasteiger partial charge in [0, 0.05) is 0 Å². The molecule has 0 saturated heterocycles. The van der Waals surface area contributed by atoms with Crippen LogP contribution < -0.4 is 5.32 Å². The van der Waals surface area contributed by atoms with Gasteiger partial charge in [-0.1, -0.05) is 0 Å². The van der Waals surface area contributed by atoms with Gasteiger partial charge in [-0.3, -0.25) is 5.32 Å². The van der Waals surface area contributed by atoms with Gasteiger partial charge in [0.05, 0.1) is 3.57 Å². The van der Waals surface area contributed by atoms with E-state index in [0.717, 1.165) is 6.07 Å². The Morgan fingerprint density at radius 3 is 2.92 bits per heavy atom. The molecule has 0 aliphatic rings. The second kappa shape index (κ2) is 3.65. The standard InChI is InChI=1S/C6H4FIN2O2/c7-4-2-1-3(8)5(9-4)10-6(11)12/h1-2H,(H,9,10)(H,11,12). The largest absolute Gasteiger partial charge is 0.465 e. The number of carboxylic acid groups (broad SMARTS) is 1. The number of nitrogens with zero attached hydrogens (tertiary/aromatic N) is 1. The van der Waals surface area contributed by atoms with Crippen LogP contribution in [0.2, 0.25) is 0 Å². The summed E-state index contributed by atoms with van der Waals surface area (Å²) in [7, 11) is 0. The zero-order chi connectivity index (χ0) is 9.14. The Kier molecular flexibility index (Phi) is 2.79. The maximum absolute atomic E-state index is 12.5. The van der Waals surface area contributed by atoms with Gasteiger partial charge >= 0.3 is 6.09 Å². The smallest absolute Gasteiger partial charge is 0.410 e. The maximum Gasteiger partial charge on any atom is 0.410 e. The zero-order valence-corrected chi connectivity index (χ0v) is 7.87. The lowest BCUT2D eigenvalue weighted by atomic mass is 10.4. The quantitative estimate of drug-likeness (QED) is 0.611. The highest BCUT2D eigenvalue weighted by Gasteiger charge is 2.05. The molecule has 4 nitrogen and oxygen atoms in total. The highest BCUT2D eigenvalue weighted by atomic mass is 127. The van der Waals surface area contributed by atoms with E-state index < -0.39 is 12.0 Å². The third-order valence-electron chi connectivity index (χ3n) is 1.04. The molecule has 1 rings (SSSR count). The summed E-state index contributed by atoms with van der Waals surface area (Å²) in [5.74, 6) is -0.692. The first-order valence-electron chi connectivity index (χ1n) is 2.91. The third kappa shape index (κ3) is 2.29. The summed E-state index contributed by atoms with van der Waals surface area (Å²) >= 11 is 1.86. The summed E-state index contributed by atoms with van der Waals surface area (Å²) in [6, 6.07) is 2.60. The fourth-order valence-corrected chi connectivity index (χ4v) is 1.04. The van der Waals surface area contributed by atoms with E-state index in [2.05, 4.69) is 4.98 Å². The van der Waals surface area contributed by atoms with E-state index in [0.29, 0.717) is 3.57 Å². The number of hydrogen-bond acceptors (Lipinski definition) is 2. The molecule has 2 N–H and O–H groups in total. The minimum absolute atomic E-state index is 0.0168. The average molecular weight is 282 g/mol. The first-order chi connectivity index (χ1) is 5.59. The zero-order valence-electron chi connectivity index (χ0n) is 5.71. The molecule has 1 heterocycles. The Balaban J connectivity index is 2.97. The molecule has 0 aliphatic heterocycles. The Morgan fingerprint density at radius 1 is 1.67 bits per heavy atom. The molecule has 0 spiro atoms. The summed E-state index contributed by atoms with van der Waals surface area (Å²) in [6.45, 7) is 0. The van der Waals surface area contributed by atoms with Crippen LogP contribution in [0.25, 0.3) is 0 Å². The molecule has 1 aromatic heterocycles. The van der Waals surface area contributed by atoms with Gasteiger partial charge in [0.2, 0.25) is 5.95 Å². The van der Waals surface area contributed by atoms with Crippen molar-refractivity contribution in [3.8, 4) is 0 Å². The summed E-state index contributed by atoms with van der Waals surface area (Å²) in [6.07, 6.45) is -1.26. The topological polar surface area (TPSA) is 62.2 Å². The van der Waals surface area contributed by atoms with Crippen LogP contribution in [0.1, 0.15) is 0 Å². The van der Waals surface area contributed by atoms with Crippen LogP contribution in [0.5, 0.6) is 0 Å². The van der Waals surface area contributed by atoms with Crippen molar-refractivity contribution in [2.24, 2.45) is 0 Å². The highest BCUT2D eigenvalue weighted by molar-refractivity contribution is 14.1. The molecule has 1 aromatic rings. The normalized spacial score (nSPS) is 9.50. The van der Waals surface area contributed by atoms with Gasteiger partial charge in [0.15, 0.2) is 5.82 Å². The summed E-state index contributed by atoms with van der Waals surface area (Å²) in [4.78, 5) is 13.5. The summed E-state index contributed by atoms with van der Waals surface area (Å²) in [5.41, 5.74) is 0. The molecule has 1 amide bonds. The van der Waals surface area contributed by atoms with Crippen LogP contribution in [0.3, 0.4) is 0 Å². The van der Waals surface area contributed by atoms with Crippen LogP contribution >= 0.6 is 22.6 Å². The Bertz CT molecular complexity index is 318. The summed E-state index contributed by atoms with van der Waals surface area (Å²) in [5, 5.41) is 10.3. The number of hydrogen-bond donors (Lipinski definition) is 2. The van der Waals surface area contributed by atoms with Crippen LogP contribution in [0, 0.1) is 9.52 Å². The van der Waals surface area contributed by atoms with Crippen molar-refractivity contribution in [3.05, 3.63) is 21.7 Å². The van der Waals surface area contributed by atoms with Crippen molar-refractivity contribution >= 4 is 34.5 Å². The van der Waals surface area contributed by atoms with Crippen molar-refractivity contribution < 1.29 is 14.3 Å². The molecule has 0 bridgehead atoms. The molecule has 6 heteroatoms. The minimum atomic E-state index is -1.26. The molecular weight excluding hydrogens is 278 g/mol. The van der Waals surface area contributed by atoms with E-state index >= 15 is 0 Å². The van der Waals surface area contributed by atoms with Crippen LogP contribution in [0.15, 0.2) is 12.1 Å². The molecule has 0 atom stereocenters. The van der Waals surface area contributed by atoms with Gasteiger partial charge in [-0.05, 0) is 34.7 Å².